The smallest absolute Gasteiger partial charge is 0.227 e. The van der Waals surface area contributed by atoms with Gasteiger partial charge in [-0.3, -0.25) is 14.9 Å². The Morgan fingerprint density at radius 3 is 2.29 bits per heavy atom. The third-order valence-corrected chi connectivity index (χ3v) is 4.62. The van der Waals surface area contributed by atoms with Crippen molar-refractivity contribution in [3.63, 3.8) is 0 Å². The van der Waals surface area contributed by atoms with Gasteiger partial charge in [-0.05, 0) is 36.0 Å². The van der Waals surface area contributed by atoms with Crippen molar-refractivity contribution >= 4 is 11.8 Å². The highest BCUT2D eigenvalue weighted by molar-refractivity contribution is 5.98. The van der Waals surface area contributed by atoms with Crippen LogP contribution >= 0.6 is 0 Å². The molecule has 2 atom stereocenters. The average Bonchev–Trinajstić information content (AvgIpc) is 2.13. The number of imide groups is 1. The van der Waals surface area contributed by atoms with Crippen molar-refractivity contribution in [3.05, 3.63) is 0 Å². The Hall–Kier alpha value is -0.860. The molecule has 3 nitrogen and oxygen atoms in total. The Bertz CT molecular complexity index is 319. The molecule has 2 rings (SSSR count). The zero-order valence-corrected chi connectivity index (χ0v) is 11.1. The molecule has 1 N–H and O–H groups in total. The molecule has 96 valence electrons. The average molecular weight is 237 g/mol. The molecular weight excluding hydrogens is 214 g/mol. The van der Waals surface area contributed by atoms with E-state index in [1.165, 1.54) is 12.8 Å². The molecule has 1 aliphatic heterocycles. The largest absolute Gasteiger partial charge is 0.296 e. The van der Waals surface area contributed by atoms with Gasteiger partial charge in [0.1, 0.15) is 0 Å². The molecule has 3 heteroatoms. The minimum atomic E-state index is -0.0685. The number of carbonyl (C=O) groups is 2. The van der Waals surface area contributed by atoms with Crippen LogP contribution in [0.3, 0.4) is 0 Å². The molecular formula is C14H23NO2. The predicted octanol–water partition coefficient (Wildman–Crippen LogP) is 2.50. The molecule has 1 saturated heterocycles. The molecule has 1 aliphatic carbocycles. The number of nitrogens with one attached hydrogen (secondary N) is 1. The highest BCUT2D eigenvalue weighted by atomic mass is 16.2. The molecule has 0 bridgehead atoms. The summed E-state index contributed by atoms with van der Waals surface area (Å²) in [7, 11) is 0. The summed E-state index contributed by atoms with van der Waals surface area (Å²) in [6.45, 7) is 6.69. The van der Waals surface area contributed by atoms with Crippen molar-refractivity contribution in [3.8, 4) is 0 Å². The summed E-state index contributed by atoms with van der Waals surface area (Å²) >= 11 is 0. The molecule has 0 aromatic heterocycles. The number of amides is 2. The van der Waals surface area contributed by atoms with Gasteiger partial charge in [0.05, 0.1) is 0 Å². The minimum Gasteiger partial charge on any atom is -0.296 e. The predicted molar refractivity (Wildman–Crippen MR) is 66.2 cm³/mol. The molecule has 1 saturated carbocycles. The SMILES string of the molecule is CC1CCC(C(C)C)C2(CC(=O)NC(=O)C2)C1. The van der Waals surface area contributed by atoms with Crippen molar-refractivity contribution in [1.29, 1.82) is 0 Å². The quantitative estimate of drug-likeness (QED) is 0.712. The second kappa shape index (κ2) is 4.43. The van der Waals surface area contributed by atoms with E-state index in [2.05, 4.69) is 26.1 Å². The van der Waals surface area contributed by atoms with E-state index in [4.69, 9.17) is 0 Å². The molecule has 0 aromatic carbocycles. The van der Waals surface area contributed by atoms with E-state index in [0.29, 0.717) is 30.6 Å². The topological polar surface area (TPSA) is 46.2 Å². The number of hydrogen-bond donors (Lipinski definition) is 1. The Morgan fingerprint density at radius 1 is 1.18 bits per heavy atom. The lowest BCUT2D eigenvalue weighted by molar-refractivity contribution is -0.143. The molecule has 2 amide bonds. The van der Waals surface area contributed by atoms with Crippen LogP contribution in [0.4, 0.5) is 0 Å². The fraction of sp³-hybridized carbons (Fsp3) is 0.857. The first kappa shape index (κ1) is 12.6. The van der Waals surface area contributed by atoms with E-state index in [1.54, 1.807) is 0 Å². The van der Waals surface area contributed by atoms with Gasteiger partial charge in [0, 0.05) is 12.8 Å². The summed E-state index contributed by atoms with van der Waals surface area (Å²) in [5.41, 5.74) is -0.0503. The number of rotatable bonds is 1. The van der Waals surface area contributed by atoms with Crippen LogP contribution in [0.2, 0.25) is 0 Å². The maximum atomic E-state index is 11.7. The second-order valence-corrected chi connectivity index (χ2v) is 6.42. The van der Waals surface area contributed by atoms with Crippen LogP contribution in [-0.2, 0) is 9.59 Å². The summed E-state index contributed by atoms with van der Waals surface area (Å²) < 4.78 is 0. The molecule has 17 heavy (non-hydrogen) atoms. The normalized spacial score (nSPS) is 32.9. The number of piperidine rings is 1. The first-order valence-electron chi connectivity index (χ1n) is 6.75. The maximum Gasteiger partial charge on any atom is 0.227 e. The van der Waals surface area contributed by atoms with E-state index in [1.807, 2.05) is 0 Å². The molecule has 0 radical (unpaired) electrons. The van der Waals surface area contributed by atoms with Crippen molar-refractivity contribution in [2.24, 2.45) is 23.2 Å². The number of hydrogen-bond acceptors (Lipinski definition) is 2. The Balaban J connectivity index is 2.28. The fourth-order valence-corrected chi connectivity index (χ4v) is 4.11. The van der Waals surface area contributed by atoms with Gasteiger partial charge in [0.15, 0.2) is 0 Å². The summed E-state index contributed by atoms with van der Waals surface area (Å²) in [4.78, 5) is 23.4. The highest BCUT2D eigenvalue weighted by Crippen LogP contribution is 2.52. The molecule has 0 aromatic rings. The Morgan fingerprint density at radius 2 is 1.76 bits per heavy atom. The van der Waals surface area contributed by atoms with E-state index in [-0.39, 0.29) is 17.2 Å². The van der Waals surface area contributed by atoms with Crippen LogP contribution in [-0.4, -0.2) is 11.8 Å². The van der Waals surface area contributed by atoms with E-state index in [9.17, 15) is 9.59 Å². The maximum absolute atomic E-state index is 11.7. The van der Waals surface area contributed by atoms with Gasteiger partial charge in [0.25, 0.3) is 0 Å². The highest BCUT2D eigenvalue weighted by Gasteiger charge is 2.48. The van der Waals surface area contributed by atoms with Crippen molar-refractivity contribution in [2.75, 3.05) is 0 Å². The van der Waals surface area contributed by atoms with Gasteiger partial charge in [-0.1, -0.05) is 27.2 Å². The summed E-state index contributed by atoms with van der Waals surface area (Å²) in [5.74, 6) is 1.58. The van der Waals surface area contributed by atoms with Gasteiger partial charge in [0.2, 0.25) is 11.8 Å². The lowest BCUT2D eigenvalue weighted by atomic mass is 9.56. The van der Waals surface area contributed by atoms with Crippen LogP contribution in [0.15, 0.2) is 0 Å². The first-order chi connectivity index (χ1) is 7.93. The zero-order valence-electron chi connectivity index (χ0n) is 11.1. The van der Waals surface area contributed by atoms with Crippen LogP contribution in [0, 0.1) is 23.2 Å². The van der Waals surface area contributed by atoms with E-state index >= 15 is 0 Å². The van der Waals surface area contributed by atoms with Gasteiger partial charge >= 0.3 is 0 Å². The van der Waals surface area contributed by atoms with Crippen molar-refractivity contribution in [2.45, 2.75) is 52.9 Å². The molecule has 2 aliphatic rings. The summed E-state index contributed by atoms with van der Waals surface area (Å²) in [5, 5.41) is 2.45. The zero-order chi connectivity index (χ0) is 12.6. The third-order valence-electron chi connectivity index (χ3n) is 4.62. The van der Waals surface area contributed by atoms with Crippen molar-refractivity contribution < 1.29 is 9.59 Å². The van der Waals surface area contributed by atoms with Crippen LogP contribution < -0.4 is 5.32 Å². The van der Waals surface area contributed by atoms with Crippen LogP contribution in [0.1, 0.15) is 52.9 Å². The molecule has 2 fully saturated rings. The second-order valence-electron chi connectivity index (χ2n) is 6.42. The van der Waals surface area contributed by atoms with Crippen LogP contribution in [0.5, 0.6) is 0 Å². The van der Waals surface area contributed by atoms with Crippen molar-refractivity contribution in [1.82, 2.24) is 5.32 Å². The third kappa shape index (κ3) is 2.38. The minimum absolute atomic E-state index is 0.0503. The van der Waals surface area contributed by atoms with Gasteiger partial charge < -0.3 is 0 Å². The van der Waals surface area contributed by atoms with Gasteiger partial charge in [-0.25, -0.2) is 0 Å². The fourth-order valence-electron chi connectivity index (χ4n) is 4.11. The lowest BCUT2D eigenvalue weighted by Gasteiger charge is -2.49. The standard InChI is InChI=1S/C14H23NO2/c1-9(2)11-5-4-10(3)6-14(11)7-12(16)15-13(17)8-14/h9-11H,4-8H2,1-3H3,(H,15,16,17). The van der Waals surface area contributed by atoms with E-state index < -0.39 is 0 Å². The van der Waals surface area contributed by atoms with E-state index in [0.717, 1.165) is 6.42 Å². The summed E-state index contributed by atoms with van der Waals surface area (Å²) in [6.07, 6.45) is 4.53. The van der Waals surface area contributed by atoms with Crippen LogP contribution in [0.25, 0.3) is 0 Å². The Labute approximate surface area is 103 Å². The molecule has 1 heterocycles. The van der Waals surface area contributed by atoms with Gasteiger partial charge in [-0.2, -0.15) is 0 Å². The number of carbonyl (C=O) groups excluding carboxylic acids is 2. The Kier molecular flexibility index (Phi) is 3.28. The summed E-state index contributed by atoms with van der Waals surface area (Å²) in [6, 6.07) is 0. The van der Waals surface area contributed by atoms with Gasteiger partial charge in [-0.15, -0.1) is 0 Å². The lowest BCUT2D eigenvalue weighted by Crippen LogP contribution is -2.51. The monoisotopic (exact) mass is 237 g/mol. The first-order valence-corrected chi connectivity index (χ1v) is 6.75. The molecule has 1 spiro atoms. The molecule has 2 unspecified atom stereocenters.